The van der Waals surface area contributed by atoms with Gasteiger partial charge in [-0.2, -0.15) is 0 Å². The summed E-state index contributed by atoms with van der Waals surface area (Å²) in [5, 5.41) is 0. The van der Waals surface area contributed by atoms with E-state index in [0.717, 1.165) is 0 Å². The molecule has 0 aliphatic rings. The molecule has 0 unspecified atom stereocenters. The molecular weight excluding hydrogens is 273 g/mol. The first-order valence-electron chi connectivity index (χ1n) is 6.20. The summed E-state index contributed by atoms with van der Waals surface area (Å²) in [6.45, 7) is 10.5. The third-order valence-electron chi connectivity index (χ3n) is 2.77. The van der Waals surface area contributed by atoms with E-state index in [1.807, 2.05) is 0 Å². The number of hydrogen-bond acceptors (Lipinski definition) is 1. The summed E-state index contributed by atoms with van der Waals surface area (Å²) in [4.78, 5) is 2.61. The molecule has 0 aliphatic carbocycles. The molecule has 14 heavy (non-hydrogen) atoms. The topological polar surface area (TPSA) is 3.24 Å². The van der Waals surface area contributed by atoms with Crippen LogP contribution >= 0.6 is 0 Å². The fourth-order valence-electron chi connectivity index (χ4n) is 1.96. The van der Waals surface area contributed by atoms with Gasteiger partial charge in [-0.1, -0.05) is 0 Å². The molecule has 0 aliphatic heterocycles. The van der Waals surface area contributed by atoms with E-state index in [4.69, 9.17) is 0 Å². The molecule has 84 valence electrons. The molecule has 2 heteroatoms. The third-order valence-corrected chi connectivity index (χ3v) is 7.24. The normalized spacial score (nSPS) is 11.8. The maximum atomic E-state index is 2.61. The van der Waals surface area contributed by atoms with Gasteiger partial charge in [-0.25, -0.2) is 0 Å². The van der Waals surface area contributed by atoms with Gasteiger partial charge >= 0.3 is 99.0 Å². The van der Waals surface area contributed by atoms with Crippen molar-refractivity contribution in [3.05, 3.63) is 0 Å². The average molecular weight is 301 g/mol. The molecule has 1 nitrogen and oxygen atoms in total. The molecular formula is C12H28InN. The Balaban J connectivity index is 3.62. The first-order valence-corrected chi connectivity index (χ1v) is 15.1. The van der Waals surface area contributed by atoms with Gasteiger partial charge in [0.25, 0.3) is 0 Å². The van der Waals surface area contributed by atoms with Crippen LogP contribution in [0.5, 0.6) is 0 Å². The van der Waals surface area contributed by atoms with Gasteiger partial charge in [-0.15, -0.1) is 0 Å². The van der Waals surface area contributed by atoms with Crippen LogP contribution in [0.25, 0.3) is 0 Å². The molecule has 0 saturated heterocycles. The van der Waals surface area contributed by atoms with Crippen LogP contribution in [0.1, 0.15) is 40.5 Å². The Labute approximate surface area is 98.8 Å². The summed E-state index contributed by atoms with van der Waals surface area (Å²) in [6, 6.07) is 1.41. The van der Waals surface area contributed by atoms with Gasteiger partial charge in [0.15, 0.2) is 0 Å². The molecule has 0 spiro atoms. The molecule has 0 bridgehead atoms. The molecule has 0 atom stereocenters. The van der Waals surface area contributed by atoms with E-state index in [-0.39, 0.29) is 0 Å². The van der Waals surface area contributed by atoms with Crippen molar-refractivity contribution < 1.29 is 0 Å². The van der Waals surface area contributed by atoms with Gasteiger partial charge in [-0.05, 0) is 0 Å². The molecule has 0 aromatic carbocycles. The molecule has 0 amide bonds. The second-order valence-corrected chi connectivity index (χ2v) is 14.9. The Bertz CT molecular complexity index is 124. The van der Waals surface area contributed by atoms with E-state index < -0.39 is 21.4 Å². The van der Waals surface area contributed by atoms with Crippen LogP contribution in [0, 0.1) is 0 Å². The Morgan fingerprint density at radius 1 is 0.929 bits per heavy atom. The zero-order valence-corrected chi connectivity index (χ0v) is 14.3. The van der Waals surface area contributed by atoms with Crippen LogP contribution in [-0.4, -0.2) is 45.0 Å². The number of nitrogens with zero attached hydrogens (tertiary/aromatic N) is 1. The van der Waals surface area contributed by atoms with Crippen molar-refractivity contribution >= 4 is 21.4 Å². The molecule has 0 rings (SSSR count). The Hall–Kier alpha value is 0.830. The summed E-state index contributed by atoms with van der Waals surface area (Å²) in [5.41, 5.74) is 0. The molecule has 0 fully saturated rings. The van der Waals surface area contributed by atoms with Gasteiger partial charge in [0.05, 0.1) is 0 Å². The van der Waals surface area contributed by atoms with Gasteiger partial charge < -0.3 is 0 Å². The predicted molar refractivity (Wildman–Crippen MR) is 68.5 cm³/mol. The van der Waals surface area contributed by atoms with Crippen LogP contribution in [0.15, 0.2) is 0 Å². The molecule has 0 aromatic heterocycles. The average Bonchev–Trinajstić information content (AvgIpc) is 2.01. The minimum absolute atomic E-state index is 0.706. The SMILES string of the molecule is CC(C)N(CCC[CH2][In]([CH3])[CH3])C(C)C. The monoisotopic (exact) mass is 301 g/mol. The van der Waals surface area contributed by atoms with Crippen molar-refractivity contribution in [2.75, 3.05) is 6.54 Å². The number of rotatable bonds is 7. The Morgan fingerprint density at radius 3 is 1.79 bits per heavy atom. The zero-order valence-electron chi connectivity index (χ0n) is 11.0. The van der Waals surface area contributed by atoms with E-state index in [1.165, 1.54) is 19.4 Å². The van der Waals surface area contributed by atoms with Crippen molar-refractivity contribution in [3.63, 3.8) is 0 Å². The van der Waals surface area contributed by atoms with Crippen LogP contribution in [0.2, 0.25) is 13.5 Å². The minimum atomic E-state index is -0.897. The molecule has 0 N–H and O–H groups in total. The summed E-state index contributed by atoms with van der Waals surface area (Å²) in [7, 11) is 0. The van der Waals surface area contributed by atoms with Gasteiger partial charge in [0.1, 0.15) is 0 Å². The quantitative estimate of drug-likeness (QED) is 0.649. The summed E-state index contributed by atoms with van der Waals surface area (Å²) >= 11 is -0.897. The van der Waals surface area contributed by atoms with Crippen LogP contribution in [0.3, 0.4) is 0 Å². The van der Waals surface area contributed by atoms with Crippen molar-refractivity contribution in [1.29, 1.82) is 0 Å². The first kappa shape index (κ1) is 14.8. The summed E-state index contributed by atoms with van der Waals surface area (Å²) in [5.74, 6) is 0. The van der Waals surface area contributed by atoms with Gasteiger partial charge in [0, 0.05) is 0 Å². The van der Waals surface area contributed by atoms with Crippen LogP contribution in [0.4, 0.5) is 0 Å². The predicted octanol–water partition coefficient (Wildman–Crippen LogP) is 3.64. The van der Waals surface area contributed by atoms with E-state index in [0.29, 0.717) is 12.1 Å². The van der Waals surface area contributed by atoms with Crippen molar-refractivity contribution in [2.24, 2.45) is 0 Å². The van der Waals surface area contributed by atoms with Crippen molar-refractivity contribution in [2.45, 2.75) is 66.2 Å². The fraction of sp³-hybridized carbons (Fsp3) is 1.00. The molecule has 0 aromatic rings. The second kappa shape index (κ2) is 8.04. The number of hydrogen-bond donors (Lipinski definition) is 0. The third kappa shape index (κ3) is 7.17. The van der Waals surface area contributed by atoms with E-state index >= 15 is 0 Å². The Kier molecular flexibility index (Phi) is 8.51. The van der Waals surface area contributed by atoms with Crippen LogP contribution in [-0.2, 0) is 0 Å². The maximum absolute atomic E-state index is 2.61. The first-order chi connectivity index (χ1) is 6.45. The Morgan fingerprint density at radius 2 is 1.43 bits per heavy atom. The molecule has 0 saturated carbocycles. The second-order valence-electron chi connectivity index (χ2n) is 5.31. The molecule has 0 heterocycles. The van der Waals surface area contributed by atoms with E-state index in [9.17, 15) is 0 Å². The van der Waals surface area contributed by atoms with Gasteiger partial charge in [0.2, 0.25) is 0 Å². The molecule has 0 radical (unpaired) electrons. The van der Waals surface area contributed by atoms with Crippen LogP contribution < -0.4 is 0 Å². The van der Waals surface area contributed by atoms with E-state index in [2.05, 4.69) is 42.0 Å². The number of unbranched alkanes of at least 4 members (excludes halogenated alkanes) is 1. The van der Waals surface area contributed by atoms with E-state index in [1.54, 1.807) is 4.18 Å². The zero-order chi connectivity index (χ0) is 11.1. The fourth-order valence-corrected chi connectivity index (χ4v) is 5.11. The van der Waals surface area contributed by atoms with Crippen molar-refractivity contribution in [1.82, 2.24) is 4.90 Å². The summed E-state index contributed by atoms with van der Waals surface area (Å²) in [6.07, 6.45) is 2.88. The van der Waals surface area contributed by atoms with Gasteiger partial charge in [-0.3, -0.25) is 0 Å². The summed E-state index contributed by atoms with van der Waals surface area (Å²) < 4.78 is 6.63. The standard InChI is InChI=1S/C10H22N.2CH3.In/c1-6-7-8-11(9(2)3)10(4)5;;;/h9-10H,1,6-8H2,2-5H3;2*1H3;. The van der Waals surface area contributed by atoms with Crippen molar-refractivity contribution in [3.8, 4) is 0 Å².